The van der Waals surface area contributed by atoms with Gasteiger partial charge in [-0.15, -0.1) is 0 Å². The Morgan fingerprint density at radius 2 is 2.05 bits per heavy atom. The van der Waals surface area contributed by atoms with Gasteiger partial charge in [0.15, 0.2) is 0 Å². The Morgan fingerprint density at radius 3 is 2.76 bits per heavy atom. The van der Waals surface area contributed by atoms with Crippen molar-refractivity contribution in [2.75, 3.05) is 44.3 Å². The second-order valence-electron chi connectivity index (χ2n) is 5.89. The lowest BCUT2D eigenvalue weighted by Gasteiger charge is -2.32. The van der Waals surface area contributed by atoms with E-state index >= 15 is 0 Å². The van der Waals surface area contributed by atoms with E-state index in [2.05, 4.69) is 9.80 Å². The molecule has 0 aliphatic carbocycles. The second kappa shape index (κ2) is 6.30. The fourth-order valence-electron chi connectivity index (χ4n) is 3.39. The zero-order valence-electron chi connectivity index (χ0n) is 12.5. The molecule has 0 aromatic heterocycles. The summed E-state index contributed by atoms with van der Waals surface area (Å²) in [4.78, 5) is 4.52. The van der Waals surface area contributed by atoms with Crippen LogP contribution in [0.5, 0.6) is 0 Å². The maximum absolute atomic E-state index is 14.2. The molecular weight excluding hydrogens is 271 g/mol. The van der Waals surface area contributed by atoms with E-state index in [1.165, 1.54) is 6.07 Å². The summed E-state index contributed by atoms with van der Waals surface area (Å²) in [5.74, 6) is -0.240. The number of hydrogen-bond acceptors (Lipinski definition) is 4. The number of morpholine rings is 1. The molecule has 0 spiro atoms. The van der Waals surface area contributed by atoms with E-state index in [9.17, 15) is 9.50 Å². The number of para-hydroxylation sites is 1. The van der Waals surface area contributed by atoms with Gasteiger partial charge in [0.05, 0.1) is 25.0 Å². The maximum atomic E-state index is 14.2. The van der Waals surface area contributed by atoms with Gasteiger partial charge in [-0.05, 0) is 19.4 Å². The first-order chi connectivity index (χ1) is 10.2. The third-order valence-corrected chi connectivity index (χ3v) is 4.51. The van der Waals surface area contributed by atoms with Crippen molar-refractivity contribution in [3.63, 3.8) is 0 Å². The van der Waals surface area contributed by atoms with Gasteiger partial charge in [0, 0.05) is 37.8 Å². The first-order valence-electron chi connectivity index (χ1n) is 7.70. The Labute approximate surface area is 125 Å². The summed E-state index contributed by atoms with van der Waals surface area (Å²) in [5.41, 5.74) is 1.25. The highest BCUT2D eigenvalue weighted by Gasteiger charge is 2.31. The van der Waals surface area contributed by atoms with Crippen LogP contribution in [0.1, 0.15) is 25.0 Å². The van der Waals surface area contributed by atoms with Crippen molar-refractivity contribution < 1.29 is 14.2 Å². The molecule has 2 atom stereocenters. The molecule has 5 heteroatoms. The highest BCUT2D eigenvalue weighted by Crippen LogP contribution is 2.32. The molecule has 0 saturated carbocycles. The minimum absolute atomic E-state index is 0.240. The number of aliphatic hydroxyl groups is 1. The molecule has 1 N–H and O–H groups in total. The fourth-order valence-corrected chi connectivity index (χ4v) is 3.39. The number of rotatable bonds is 3. The molecule has 116 valence electrons. The summed E-state index contributed by atoms with van der Waals surface area (Å²) >= 11 is 0. The van der Waals surface area contributed by atoms with Crippen LogP contribution in [0.25, 0.3) is 0 Å². The summed E-state index contributed by atoms with van der Waals surface area (Å²) in [5, 5.41) is 9.88. The molecule has 0 bridgehead atoms. The molecule has 1 aromatic rings. The lowest BCUT2D eigenvalue weighted by Crippen LogP contribution is -2.44. The average Bonchev–Trinajstić information content (AvgIpc) is 2.97. The number of nitrogens with zero attached hydrogens (tertiary/aromatic N) is 2. The van der Waals surface area contributed by atoms with Gasteiger partial charge in [-0.3, -0.25) is 4.90 Å². The van der Waals surface area contributed by atoms with E-state index < -0.39 is 6.10 Å². The fraction of sp³-hybridized carbons (Fsp3) is 0.625. The molecule has 2 heterocycles. The summed E-state index contributed by atoms with van der Waals surface area (Å²) in [7, 11) is 0. The largest absolute Gasteiger partial charge is 0.389 e. The topological polar surface area (TPSA) is 35.9 Å². The molecule has 1 aromatic carbocycles. The van der Waals surface area contributed by atoms with Crippen molar-refractivity contribution in [2.24, 2.45) is 0 Å². The lowest BCUT2D eigenvalue weighted by atomic mass is 10.1. The molecule has 2 aliphatic rings. The van der Waals surface area contributed by atoms with Gasteiger partial charge in [0.25, 0.3) is 0 Å². The van der Waals surface area contributed by atoms with E-state index in [0.29, 0.717) is 17.3 Å². The number of benzene rings is 1. The van der Waals surface area contributed by atoms with Gasteiger partial charge in [-0.25, -0.2) is 4.39 Å². The molecule has 2 unspecified atom stereocenters. The molecule has 0 radical (unpaired) electrons. The van der Waals surface area contributed by atoms with Gasteiger partial charge in [0.2, 0.25) is 0 Å². The zero-order chi connectivity index (χ0) is 14.8. The Kier molecular flexibility index (Phi) is 4.42. The Hall–Kier alpha value is -1.17. The van der Waals surface area contributed by atoms with Gasteiger partial charge >= 0.3 is 0 Å². The van der Waals surface area contributed by atoms with Gasteiger partial charge in [-0.1, -0.05) is 12.1 Å². The first kappa shape index (κ1) is 14.8. The molecule has 2 saturated heterocycles. The van der Waals surface area contributed by atoms with E-state index in [-0.39, 0.29) is 5.82 Å². The van der Waals surface area contributed by atoms with Gasteiger partial charge < -0.3 is 14.7 Å². The molecule has 21 heavy (non-hydrogen) atoms. The number of hydrogen-bond donors (Lipinski definition) is 1. The van der Waals surface area contributed by atoms with Crippen molar-refractivity contribution in [3.8, 4) is 0 Å². The van der Waals surface area contributed by atoms with Crippen LogP contribution in [0.4, 0.5) is 10.1 Å². The summed E-state index contributed by atoms with van der Waals surface area (Å²) < 4.78 is 19.6. The monoisotopic (exact) mass is 294 g/mol. The van der Waals surface area contributed by atoms with Crippen LogP contribution in [0.15, 0.2) is 18.2 Å². The van der Waals surface area contributed by atoms with Crippen LogP contribution in [0.3, 0.4) is 0 Å². The van der Waals surface area contributed by atoms with Crippen molar-refractivity contribution >= 4 is 5.69 Å². The number of halogens is 1. The highest BCUT2D eigenvalue weighted by molar-refractivity contribution is 5.56. The number of anilines is 1. The van der Waals surface area contributed by atoms with Crippen LogP contribution in [0.2, 0.25) is 0 Å². The van der Waals surface area contributed by atoms with E-state index in [0.717, 1.165) is 45.8 Å². The normalized spacial score (nSPS) is 25.3. The quantitative estimate of drug-likeness (QED) is 0.922. The Morgan fingerprint density at radius 1 is 1.29 bits per heavy atom. The van der Waals surface area contributed by atoms with Crippen molar-refractivity contribution in [1.29, 1.82) is 0 Å². The first-order valence-corrected chi connectivity index (χ1v) is 7.70. The van der Waals surface area contributed by atoms with Crippen LogP contribution in [0, 0.1) is 5.82 Å². The predicted molar refractivity (Wildman–Crippen MR) is 80.0 cm³/mol. The molecule has 0 amide bonds. The predicted octanol–water partition coefficient (Wildman–Crippen LogP) is 1.79. The minimum atomic E-state index is -0.655. The summed E-state index contributed by atoms with van der Waals surface area (Å²) in [6, 6.07) is 5.40. The minimum Gasteiger partial charge on any atom is -0.389 e. The van der Waals surface area contributed by atoms with Crippen molar-refractivity contribution in [2.45, 2.75) is 25.5 Å². The average molecular weight is 294 g/mol. The summed E-state index contributed by atoms with van der Waals surface area (Å²) in [6.07, 6.45) is 0.381. The molecular formula is C16H23FN2O2. The van der Waals surface area contributed by atoms with Crippen molar-refractivity contribution in [1.82, 2.24) is 4.90 Å². The summed E-state index contributed by atoms with van der Waals surface area (Å²) in [6.45, 7) is 6.83. The van der Waals surface area contributed by atoms with Gasteiger partial charge in [0.1, 0.15) is 5.82 Å². The standard InChI is InChI=1S/C16H23FN2O2/c1-12(20)14-3-2-4-15(17)16(14)19-6-5-13(11-19)18-7-9-21-10-8-18/h2-4,12-13,20H,5-11H2,1H3. The smallest absolute Gasteiger partial charge is 0.146 e. The van der Waals surface area contributed by atoms with E-state index in [1.54, 1.807) is 13.0 Å². The van der Waals surface area contributed by atoms with E-state index in [4.69, 9.17) is 4.74 Å². The van der Waals surface area contributed by atoms with Crippen LogP contribution in [-0.4, -0.2) is 55.4 Å². The van der Waals surface area contributed by atoms with Gasteiger partial charge in [-0.2, -0.15) is 0 Å². The number of aliphatic hydroxyl groups excluding tert-OH is 1. The third-order valence-electron chi connectivity index (χ3n) is 4.51. The van der Waals surface area contributed by atoms with E-state index in [1.807, 2.05) is 6.07 Å². The lowest BCUT2D eigenvalue weighted by molar-refractivity contribution is 0.0209. The van der Waals surface area contributed by atoms with Crippen LogP contribution >= 0.6 is 0 Å². The molecule has 2 fully saturated rings. The SMILES string of the molecule is CC(O)c1cccc(F)c1N1CCC(N2CCOCC2)C1. The van der Waals surface area contributed by atoms with Crippen LogP contribution in [-0.2, 0) is 4.74 Å². The second-order valence-corrected chi connectivity index (χ2v) is 5.89. The number of ether oxygens (including phenoxy) is 1. The third kappa shape index (κ3) is 3.05. The highest BCUT2D eigenvalue weighted by atomic mass is 19.1. The maximum Gasteiger partial charge on any atom is 0.146 e. The zero-order valence-corrected chi connectivity index (χ0v) is 12.5. The van der Waals surface area contributed by atoms with Crippen molar-refractivity contribution in [3.05, 3.63) is 29.6 Å². The molecule has 4 nitrogen and oxygen atoms in total. The Bertz CT molecular complexity index is 489. The van der Waals surface area contributed by atoms with Crippen LogP contribution < -0.4 is 4.90 Å². The molecule has 2 aliphatic heterocycles. The Balaban J connectivity index is 1.77. The molecule has 3 rings (SSSR count).